The molecule has 1 saturated heterocycles. The van der Waals surface area contributed by atoms with E-state index in [2.05, 4.69) is 0 Å². The third-order valence-corrected chi connectivity index (χ3v) is 5.49. The molecule has 28 heavy (non-hydrogen) atoms. The Morgan fingerprint density at radius 3 is 2.54 bits per heavy atom. The van der Waals surface area contributed by atoms with Gasteiger partial charge in [0, 0.05) is 30.4 Å². The van der Waals surface area contributed by atoms with Crippen molar-refractivity contribution in [2.45, 2.75) is 19.3 Å². The molecule has 0 saturated carbocycles. The summed E-state index contributed by atoms with van der Waals surface area (Å²) in [7, 11) is 1.56. The lowest BCUT2D eigenvalue weighted by Gasteiger charge is -2.26. The molecule has 144 valence electrons. The Morgan fingerprint density at radius 1 is 1.04 bits per heavy atom. The number of nitrogens with zero attached hydrogens (tertiary/aromatic N) is 2. The van der Waals surface area contributed by atoms with E-state index in [4.69, 9.17) is 16.3 Å². The number of halogens is 1. The van der Waals surface area contributed by atoms with Crippen LogP contribution in [0.15, 0.2) is 48.7 Å². The summed E-state index contributed by atoms with van der Waals surface area (Å²) in [6.45, 7) is 1.27. The number of piperidine rings is 1. The minimum Gasteiger partial charge on any atom is -0.495 e. The molecule has 1 fully saturated rings. The van der Waals surface area contributed by atoms with E-state index in [9.17, 15) is 9.59 Å². The van der Waals surface area contributed by atoms with Gasteiger partial charge in [0.1, 0.15) is 11.4 Å². The lowest BCUT2D eigenvalue weighted by Crippen LogP contribution is -2.40. The summed E-state index contributed by atoms with van der Waals surface area (Å²) in [4.78, 5) is 27.8. The number of hydrogen-bond donors (Lipinski definition) is 0. The zero-order valence-corrected chi connectivity index (χ0v) is 16.4. The molecular formula is C22H21ClN2O3. The average molecular weight is 397 g/mol. The van der Waals surface area contributed by atoms with Gasteiger partial charge in [-0.15, -0.1) is 0 Å². The fourth-order valence-corrected chi connectivity index (χ4v) is 4.01. The Hall–Kier alpha value is -2.79. The van der Waals surface area contributed by atoms with Gasteiger partial charge in [0.2, 0.25) is 0 Å². The number of ketones is 1. The molecule has 1 aliphatic rings. The van der Waals surface area contributed by atoms with Crippen LogP contribution in [0.4, 0.5) is 0 Å². The second-order valence-corrected chi connectivity index (χ2v) is 7.34. The Bertz CT molecular complexity index is 1050. The molecule has 2 aromatic heterocycles. The quantitative estimate of drug-likeness (QED) is 0.483. The molecule has 0 unspecified atom stereocenters. The molecule has 5 nitrogen and oxygen atoms in total. The number of aromatic nitrogens is 1. The van der Waals surface area contributed by atoms with Crippen molar-refractivity contribution in [1.29, 1.82) is 0 Å². The van der Waals surface area contributed by atoms with Gasteiger partial charge in [-0.05, 0) is 55.2 Å². The van der Waals surface area contributed by atoms with Crippen LogP contribution in [0.2, 0.25) is 5.02 Å². The number of methoxy groups -OCH3 is 1. The monoisotopic (exact) mass is 396 g/mol. The lowest BCUT2D eigenvalue weighted by molar-refractivity contribution is -0.127. The number of amides is 1. The van der Waals surface area contributed by atoms with Crippen molar-refractivity contribution in [2.75, 3.05) is 20.2 Å². The van der Waals surface area contributed by atoms with Gasteiger partial charge >= 0.3 is 0 Å². The van der Waals surface area contributed by atoms with Crippen LogP contribution in [0.25, 0.3) is 16.6 Å². The Kier molecular flexibility index (Phi) is 5.09. The summed E-state index contributed by atoms with van der Waals surface area (Å²) in [5, 5.41) is 0.455. The van der Waals surface area contributed by atoms with Crippen LogP contribution in [0.1, 0.15) is 29.8 Å². The van der Waals surface area contributed by atoms with Gasteiger partial charge in [0.15, 0.2) is 0 Å². The molecule has 0 atom stereocenters. The Labute approximate surface area is 168 Å². The first-order valence-electron chi connectivity index (χ1n) is 9.38. The summed E-state index contributed by atoms with van der Waals surface area (Å²) in [6, 6.07) is 13.0. The van der Waals surface area contributed by atoms with Crippen molar-refractivity contribution in [1.82, 2.24) is 9.30 Å². The lowest BCUT2D eigenvalue weighted by atomic mass is 10.0. The van der Waals surface area contributed by atoms with E-state index in [-0.39, 0.29) is 0 Å². The summed E-state index contributed by atoms with van der Waals surface area (Å²) in [5.41, 5.74) is 2.67. The second kappa shape index (κ2) is 7.68. The average Bonchev–Trinajstić information content (AvgIpc) is 3.12. The Morgan fingerprint density at radius 2 is 1.82 bits per heavy atom. The van der Waals surface area contributed by atoms with E-state index >= 15 is 0 Å². The van der Waals surface area contributed by atoms with E-state index < -0.39 is 11.7 Å². The van der Waals surface area contributed by atoms with E-state index in [1.807, 2.05) is 30.3 Å². The SMILES string of the molecule is COc1ccc(-c2cc3ccccn3c2C(=O)C(=O)N2CCCCC2)cc1Cl. The number of ether oxygens (including phenoxy) is 1. The van der Waals surface area contributed by atoms with Crippen molar-refractivity contribution < 1.29 is 14.3 Å². The Balaban J connectivity index is 1.82. The zero-order valence-electron chi connectivity index (χ0n) is 15.7. The molecule has 1 amide bonds. The van der Waals surface area contributed by atoms with Crippen LogP contribution in [0.5, 0.6) is 5.75 Å². The molecule has 4 rings (SSSR count). The number of Topliss-reactive ketones (excluding diaryl/α,β-unsaturated/α-hetero) is 1. The molecule has 3 heterocycles. The van der Waals surface area contributed by atoms with Crippen LogP contribution >= 0.6 is 11.6 Å². The van der Waals surface area contributed by atoms with Gasteiger partial charge in [0.05, 0.1) is 12.1 Å². The number of benzene rings is 1. The fraction of sp³-hybridized carbons (Fsp3) is 0.273. The molecule has 1 aromatic carbocycles. The van der Waals surface area contributed by atoms with Crippen molar-refractivity contribution in [3.8, 4) is 16.9 Å². The molecule has 6 heteroatoms. The van der Waals surface area contributed by atoms with Gasteiger partial charge in [-0.1, -0.05) is 23.7 Å². The second-order valence-electron chi connectivity index (χ2n) is 6.93. The van der Waals surface area contributed by atoms with E-state index in [0.29, 0.717) is 35.1 Å². The third kappa shape index (κ3) is 3.27. The third-order valence-electron chi connectivity index (χ3n) is 5.20. The van der Waals surface area contributed by atoms with Crippen LogP contribution < -0.4 is 4.74 Å². The van der Waals surface area contributed by atoms with Crippen LogP contribution in [-0.4, -0.2) is 41.2 Å². The predicted molar refractivity (Wildman–Crippen MR) is 109 cm³/mol. The van der Waals surface area contributed by atoms with Crippen LogP contribution in [-0.2, 0) is 4.79 Å². The minimum absolute atomic E-state index is 0.368. The molecule has 0 spiro atoms. The van der Waals surface area contributed by atoms with E-state index in [1.165, 1.54) is 0 Å². The van der Waals surface area contributed by atoms with Crippen molar-refractivity contribution >= 4 is 28.8 Å². The smallest absolute Gasteiger partial charge is 0.296 e. The maximum absolute atomic E-state index is 13.3. The molecule has 0 bridgehead atoms. The predicted octanol–water partition coefficient (Wildman–Crippen LogP) is 4.46. The first-order chi connectivity index (χ1) is 13.6. The van der Waals surface area contributed by atoms with E-state index in [1.54, 1.807) is 34.7 Å². The number of carbonyl (C=O) groups excluding carboxylic acids is 2. The molecule has 0 radical (unpaired) electrons. The van der Waals surface area contributed by atoms with Gasteiger partial charge in [-0.25, -0.2) is 0 Å². The highest BCUT2D eigenvalue weighted by molar-refractivity contribution is 6.43. The zero-order chi connectivity index (χ0) is 19.7. The van der Waals surface area contributed by atoms with Gasteiger partial charge < -0.3 is 14.0 Å². The minimum atomic E-state index is -0.491. The maximum atomic E-state index is 13.3. The topological polar surface area (TPSA) is 51.0 Å². The van der Waals surface area contributed by atoms with Gasteiger partial charge in [-0.2, -0.15) is 0 Å². The summed E-state index contributed by atoms with van der Waals surface area (Å²) >= 11 is 6.30. The molecule has 0 aliphatic carbocycles. The number of rotatable bonds is 4. The normalized spacial score (nSPS) is 14.3. The van der Waals surface area contributed by atoms with Crippen LogP contribution in [0, 0.1) is 0 Å². The largest absolute Gasteiger partial charge is 0.495 e. The highest BCUT2D eigenvalue weighted by atomic mass is 35.5. The molecule has 3 aromatic rings. The maximum Gasteiger partial charge on any atom is 0.296 e. The van der Waals surface area contributed by atoms with Crippen molar-refractivity contribution in [3.63, 3.8) is 0 Å². The summed E-state index contributed by atoms with van der Waals surface area (Å²) in [5.74, 6) is -0.370. The first-order valence-corrected chi connectivity index (χ1v) is 9.75. The fourth-order valence-electron chi connectivity index (χ4n) is 3.75. The highest BCUT2D eigenvalue weighted by Gasteiger charge is 2.29. The number of likely N-dealkylation sites (tertiary alicyclic amines) is 1. The number of pyridine rings is 1. The molecular weight excluding hydrogens is 376 g/mol. The van der Waals surface area contributed by atoms with Crippen molar-refractivity contribution in [3.05, 3.63) is 59.4 Å². The van der Waals surface area contributed by atoms with E-state index in [0.717, 1.165) is 30.3 Å². The molecule has 0 N–H and O–H groups in total. The van der Waals surface area contributed by atoms with Crippen molar-refractivity contribution in [2.24, 2.45) is 0 Å². The standard InChI is InChI=1S/C22H21ClN2O3/c1-28-19-9-8-15(13-18(19)23)17-14-16-7-3-6-12-25(16)20(17)21(26)22(27)24-10-4-2-5-11-24/h3,6-9,12-14H,2,4-5,10-11H2,1H3. The first kappa shape index (κ1) is 18.6. The van der Waals surface area contributed by atoms with Gasteiger partial charge in [0.25, 0.3) is 11.7 Å². The summed E-state index contributed by atoms with van der Waals surface area (Å²) in [6.07, 6.45) is 4.78. The number of hydrogen-bond acceptors (Lipinski definition) is 3. The van der Waals surface area contributed by atoms with Gasteiger partial charge in [-0.3, -0.25) is 9.59 Å². The number of fused-ring (bicyclic) bond motifs is 1. The molecule has 1 aliphatic heterocycles. The number of carbonyl (C=O) groups is 2. The summed E-state index contributed by atoms with van der Waals surface area (Å²) < 4.78 is 7.00. The highest BCUT2D eigenvalue weighted by Crippen LogP contribution is 2.34. The van der Waals surface area contributed by atoms with Crippen LogP contribution in [0.3, 0.4) is 0 Å².